The molecule has 0 radical (unpaired) electrons. The van der Waals surface area contributed by atoms with Crippen molar-refractivity contribution < 1.29 is 4.79 Å². The minimum atomic E-state index is -0.314. The van der Waals surface area contributed by atoms with Gasteiger partial charge in [0.1, 0.15) is 0 Å². The van der Waals surface area contributed by atoms with E-state index < -0.39 is 0 Å². The molecular formula is C7H15N3O. The van der Waals surface area contributed by atoms with E-state index in [1.165, 1.54) is 0 Å². The fraction of sp³-hybridized carbons (Fsp3) is 0.857. The first kappa shape index (κ1) is 8.33. The molecular weight excluding hydrogens is 142 g/mol. The first-order valence-electron chi connectivity index (χ1n) is 3.90. The Morgan fingerprint density at radius 3 is 2.73 bits per heavy atom. The molecule has 1 saturated heterocycles. The molecule has 2 unspecified atom stereocenters. The van der Waals surface area contributed by atoms with Crippen molar-refractivity contribution in [2.45, 2.75) is 25.9 Å². The molecule has 0 aromatic heterocycles. The molecule has 0 saturated carbocycles. The number of nitrogens with two attached hydrogens (primary N) is 1. The predicted molar refractivity (Wildman–Crippen MR) is 43.2 cm³/mol. The second kappa shape index (κ2) is 3.09. The zero-order valence-corrected chi connectivity index (χ0v) is 7.00. The quantitative estimate of drug-likeness (QED) is 0.509. The predicted octanol–water partition coefficient (Wildman–Crippen LogP) is -0.253. The number of hydrogen-bond donors (Lipinski definition) is 2. The number of rotatable bonds is 0. The molecule has 1 heterocycles. The molecule has 1 rings (SSSR count). The van der Waals surface area contributed by atoms with Gasteiger partial charge in [0, 0.05) is 25.2 Å². The Morgan fingerprint density at radius 1 is 1.64 bits per heavy atom. The smallest absolute Gasteiger partial charge is 0.315 e. The van der Waals surface area contributed by atoms with Crippen LogP contribution in [0.5, 0.6) is 0 Å². The lowest BCUT2D eigenvalue weighted by molar-refractivity contribution is 0.158. The van der Waals surface area contributed by atoms with Crippen molar-refractivity contribution in [3.63, 3.8) is 0 Å². The number of piperazine rings is 1. The van der Waals surface area contributed by atoms with E-state index in [1.807, 2.05) is 13.8 Å². The molecule has 4 nitrogen and oxygen atoms in total. The normalized spacial score (nSPS) is 32.0. The number of nitrogens with one attached hydrogen (secondary N) is 1. The Hall–Kier alpha value is -0.770. The van der Waals surface area contributed by atoms with E-state index >= 15 is 0 Å². The van der Waals surface area contributed by atoms with Crippen LogP contribution in [-0.4, -0.2) is 36.1 Å². The van der Waals surface area contributed by atoms with Crippen LogP contribution in [0.2, 0.25) is 0 Å². The molecule has 2 atom stereocenters. The van der Waals surface area contributed by atoms with Gasteiger partial charge in [-0.05, 0) is 13.8 Å². The molecule has 0 aromatic rings. The fourth-order valence-electron chi connectivity index (χ4n) is 1.33. The average molecular weight is 157 g/mol. The third kappa shape index (κ3) is 1.83. The summed E-state index contributed by atoms with van der Waals surface area (Å²) in [6.07, 6.45) is 0. The molecule has 3 N–H and O–H groups in total. The number of carbonyl (C=O) groups excluding carboxylic acids is 1. The number of carbonyl (C=O) groups is 1. The van der Waals surface area contributed by atoms with Gasteiger partial charge in [0.05, 0.1) is 0 Å². The van der Waals surface area contributed by atoms with Crippen molar-refractivity contribution in [1.82, 2.24) is 10.2 Å². The summed E-state index contributed by atoms with van der Waals surface area (Å²) >= 11 is 0. The summed E-state index contributed by atoms with van der Waals surface area (Å²) in [7, 11) is 0. The summed E-state index contributed by atoms with van der Waals surface area (Å²) in [6, 6.07) is 0.272. The summed E-state index contributed by atoms with van der Waals surface area (Å²) in [5.74, 6) is 0. The van der Waals surface area contributed by atoms with Crippen LogP contribution in [0, 0.1) is 0 Å². The first-order chi connectivity index (χ1) is 5.11. The van der Waals surface area contributed by atoms with Gasteiger partial charge in [0.15, 0.2) is 0 Å². The molecule has 0 aromatic carbocycles. The van der Waals surface area contributed by atoms with Crippen LogP contribution < -0.4 is 11.1 Å². The Balaban J connectivity index is 2.54. The van der Waals surface area contributed by atoms with Crippen LogP contribution in [0.1, 0.15) is 13.8 Å². The molecule has 64 valence electrons. The lowest BCUT2D eigenvalue weighted by atomic mass is 10.1. The maximum atomic E-state index is 10.8. The van der Waals surface area contributed by atoms with E-state index in [1.54, 1.807) is 4.90 Å². The third-order valence-electron chi connectivity index (χ3n) is 2.05. The Labute approximate surface area is 66.7 Å². The van der Waals surface area contributed by atoms with Crippen LogP contribution in [0.3, 0.4) is 0 Å². The van der Waals surface area contributed by atoms with E-state index in [4.69, 9.17) is 5.73 Å². The number of amides is 2. The summed E-state index contributed by atoms with van der Waals surface area (Å²) in [6.45, 7) is 5.59. The topological polar surface area (TPSA) is 58.4 Å². The summed E-state index contributed by atoms with van der Waals surface area (Å²) in [5, 5.41) is 3.27. The number of hydrogen-bond acceptors (Lipinski definition) is 2. The molecule has 0 bridgehead atoms. The van der Waals surface area contributed by atoms with Crippen molar-refractivity contribution >= 4 is 6.03 Å². The SMILES string of the molecule is CC1CN(C(N)=O)C(C)CN1. The van der Waals surface area contributed by atoms with Gasteiger partial charge < -0.3 is 16.0 Å². The van der Waals surface area contributed by atoms with Gasteiger partial charge in [-0.3, -0.25) is 0 Å². The van der Waals surface area contributed by atoms with Gasteiger partial charge in [0.25, 0.3) is 0 Å². The van der Waals surface area contributed by atoms with Gasteiger partial charge in [-0.25, -0.2) is 4.79 Å². The van der Waals surface area contributed by atoms with Crippen molar-refractivity contribution in [3.8, 4) is 0 Å². The maximum absolute atomic E-state index is 10.8. The van der Waals surface area contributed by atoms with Gasteiger partial charge in [-0.15, -0.1) is 0 Å². The van der Waals surface area contributed by atoms with Crippen molar-refractivity contribution in [1.29, 1.82) is 0 Å². The van der Waals surface area contributed by atoms with Crippen molar-refractivity contribution in [3.05, 3.63) is 0 Å². The lowest BCUT2D eigenvalue weighted by Gasteiger charge is -2.36. The monoisotopic (exact) mass is 157 g/mol. The zero-order chi connectivity index (χ0) is 8.43. The summed E-state index contributed by atoms with van der Waals surface area (Å²) < 4.78 is 0. The first-order valence-corrected chi connectivity index (χ1v) is 3.90. The fourth-order valence-corrected chi connectivity index (χ4v) is 1.33. The number of nitrogens with zero attached hydrogens (tertiary/aromatic N) is 1. The Kier molecular flexibility index (Phi) is 2.34. The highest BCUT2D eigenvalue weighted by Gasteiger charge is 2.24. The van der Waals surface area contributed by atoms with E-state index in [9.17, 15) is 4.79 Å². The number of urea groups is 1. The molecule has 11 heavy (non-hydrogen) atoms. The lowest BCUT2D eigenvalue weighted by Crippen LogP contribution is -2.57. The molecule has 0 spiro atoms. The van der Waals surface area contributed by atoms with Gasteiger partial charge >= 0.3 is 6.03 Å². The molecule has 0 aliphatic carbocycles. The standard InChI is InChI=1S/C7H15N3O/c1-5-4-10(7(8)11)6(2)3-9-5/h5-6,9H,3-4H2,1-2H3,(H2,8,11). The van der Waals surface area contributed by atoms with Gasteiger partial charge in [0.2, 0.25) is 0 Å². The second-order valence-corrected chi connectivity index (χ2v) is 3.15. The molecule has 2 amide bonds. The van der Waals surface area contributed by atoms with Crippen LogP contribution in [0.25, 0.3) is 0 Å². The summed E-state index contributed by atoms with van der Waals surface area (Å²) in [4.78, 5) is 12.5. The Morgan fingerprint density at radius 2 is 2.27 bits per heavy atom. The van der Waals surface area contributed by atoms with Crippen molar-refractivity contribution in [2.24, 2.45) is 5.73 Å². The highest BCUT2D eigenvalue weighted by atomic mass is 16.2. The van der Waals surface area contributed by atoms with Gasteiger partial charge in [-0.1, -0.05) is 0 Å². The third-order valence-corrected chi connectivity index (χ3v) is 2.05. The van der Waals surface area contributed by atoms with Crippen LogP contribution in [0.4, 0.5) is 4.79 Å². The second-order valence-electron chi connectivity index (χ2n) is 3.15. The van der Waals surface area contributed by atoms with E-state index in [0.717, 1.165) is 13.1 Å². The van der Waals surface area contributed by atoms with Crippen LogP contribution in [0.15, 0.2) is 0 Å². The zero-order valence-electron chi connectivity index (χ0n) is 7.00. The van der Waals surface area contributed by atoms with Crippen molar-refractivity contribution in [2.75, 3.05) is 13.1 Å². The molecule has 1 fully saturated rings. The molecule has 4 heteroatoms. The summed E-state index contributed by atoms with van der Waals surface area (Å²) in [5.41, 5.74) is 5.18. The highest BCUT2D eigenvalue weighted by molar-refractivity contribution is 5.72. The van der Waals surface area contributed by atoms with E-state index in [-0.39, 0.29) is 12.1 Å². The molecule has 1 aliphatic rings. The molecule has 1 aliphatic heterocycles. The van der Waals surface area contributed by atoms with E-state index in [2.05, 4.69) is 5.32 Å². The average Bonchev–Trinajstić information content (AvgIpc) is 1.94. The van der Waals surface area contributed by atoms with E-state index in [0.29, 0.717) is 6.04 Å². The number of primary amides is 1. The van der Waals surface area contributed by atoms with Crippen LogP contribution >= 0.6 is 0 Å². The Bertz CT molecular complexity index is 160. The minimum absolute atomic E-state index is 0.226. The van der Waals surface area contributed by atoms with Crippen LogP contribution in [-0.2, 0) is 0 Å². The maximum Gasteiger partial charge on any atom is 0.315 e. The van der Waals surface area contributed by atoms with Gasteiger partial charge in [-0.2, -0.15) is 0 Å². The highest BCUT2D eigenvalue weighted by Crippen LogP contribution is 2.04. The largest absolute Gasteiger partial charge is 0.351 e. The minimum Gasteiger partial charge on any atom is -0.351 e.